The van der Waals surface area contributed by atoms with E-state index in [0.717, 1.165) is 0 Å². The molecule has 0 aliphatic rings. The molecule has 0 nitrogen and oxygen atoms in total. The van der Waals surface area contributed by atoms with E-state index in [1.807, 2.05) is 0 Å². The molecule has 2 radical (unpaired) electrons. The Hall–Kier alpha value is 0.0482. The molecule has 102 valence electrons. The maximum atomic E-state index is 12.3. The van der Waals surface area contributed by atoms with Gasteiger partial charge in [-0.15, -0.1) is 0 Å². The molecular formula is C5F11Sb. The summed E-state index contributed by atoms with van der Waals surface area (Å²) in [6, 6.07) is 0. The van der Waals surface area contributed by atoms with Crippen molar-refractivity contribution in [2.45, 2.75) is 27.8 Å². The van der Waals surface area contributed by atoms with E-state index in [1.54, 1.807) is 0 Å². The van der Waals surface area contributed by atoms with Crippen molar-refractivity contribution in [3.63, 3.8) is 0 Å². The van der Waals surface area contributed by atoms with Crippen LogP contribution in [-0.2, 0) is 0 Å². The second-order valence-corrected chi connectivity index (χ2v) is 4.37. The molecule has 0 saturated carbocycles. The van der Waals surface area contributed by atoms with Gasteiger partial charge in [-0.2, -0.15) is 0 Å². The van der Waals surface area contributed by atoms with Crippen molar-refractivity contribution in [3.8, 4) is 0 Å². The minimum absolute atomic E-state index is 1.30. The zero-order chi connectivity index (χ0) is 14.5. The van der Waals surface area contributed by atoms with Gasteiger partial charge in [-0.25, -0.2) is 0 Å². The van der Waals surface area contributed by atoms with Gasteiger partial charge in [0.1, 0.15) is 0 Å². The van der Waals surface area contributed by atoms with Gasteiger partial charge in [-0.3, -0.25) is 0 Å². The average molecular weight is 391 g/mol. The van der Waals surface area contributed by atoms with E-state index in [2.05, 4.69) is 0 Å². The summed E-state index contributed by atoms with van der Waals surface area (Å²) in [5, 5.41) is 0. The van der Waals surface area contributed by atoms with Gasteiger partial charge in [-0.05, 0) is 0 Å². The van der Waals surface area contributed by atoms with E-state index >= 15 is 0 Å². The van der Waals surface area contributed by atoms with Crippen LogP contribution in [-0.4, -0.2) is 50.8 Å². The monoisotopic (exact) mass is 390 g/mol. The van der Waals surface area contributed by atoms with E-state index < -0.39 is 50.8 Å². The first-order chi connectivity index (χ1) is 7.00. The molecule has 0 aromatic heterocycles. The van der Waals surface area contributed by atoms with Crippen LogP contribution in [0, 0.1) is 0 Å². The molecule has 0 aromatic rings. The summed E-state index contributed by atoms with van der Waals surface area (Å²) < 4.78 is 126. The molecule has 17 heavy (non-hydrogen) atoms. The van der Waals surface area contributed by atoms with Crippen LogP contribution in [0.2, 0.25) is 0 Å². The van der Waals surface area contributed by atoms with E-state index in [0.29, 0.717) is 0 Å². The number of rotatable bonds is 3. The van der Waals surface area contributed by atoms with Crippen LogP contribution >= 0.6 is 0 Å². The molecule has 0 aliphatic carbocycles. The van der Waals surface area contributed by atoms with Gasteiger partial charge in [0.15, 0.2) is 0 Å². The van der Waals surface area contributed by atoms with E-state index in [-0.39, 0.29) is 0 Å². The van der Waals surface area contributed by atoms with E-state index in [4.69, 9.17) is 0 Å². The summed E-state index contributed by atoms with van der Waals surface area (Å²) in [4.78, 5) is 0. The summed E-state index contributed by atoms with van der Waals surface area (Å²) in [7, 11) is 0. The molecule has 0 N–H and O–H groups in total. The molecule has 0 heterocycles. The molecular weight excluding hydrogens is 391 g/mol. The Labute approximate surface area is 99.6 Å². The van der Waals surface area contributed by atoms with E-state index in [9.17, 15) is 48.3 Å². The Morgan fingerprint density at radius 2 is 0.765 bits per heavy atom. The van der Waals surface area contributed by atoms with Crippen LogP contribution < -0.4 is 0 Å². The molecule has 0 saturated heterocycles. The molecule has 0 fully saturated rings. The first-order valence-electron chi connectivity index (χ1n) is 3.30. The summed E-state index contributed by atoms with van der Waals surface area (Å²) >= 11 is -1.30. The van der Waals surface area contributed by atoms with Crippen LogP contribution in [0.25, 0.3) is 0 Å². The Kier molecular flexibility index (Phi) is 4.04. The van der Waals surface area contributed by atoms with Crippen LogP contribution in [0.1, 0.15) is 0 Å². The van der Waals surface area contributed by atoms with Gasteiger partial charge in [0.25, 0.3) is 0 Å². The molecule has 0 aromatic carbocycles. The molecule has 0 rings (SSSR count). The zero-order valence-corrected chi connectivity index (χ0v) is 9.66. The fourth-order valence-corrected chi connectivity index (χ4v) is 0.965. The number of hydrogen-bond donors (Lipinski definition) is 0. The predicted molar refractivity (Wildman–Crippen MR) is 31.6 cm³/mol. The normalized spacial score (nSPS) is 16.2. The fourth-order valence-electron chi connectivity index (χ4n) is 0.564. The Morgan fingerprint density at radius 1 is 0.471 bits per heavy atom. The Bertz CT molecular complexity index is 255. The minimum atomic E-state index is -7.28. The van der Waals surface area contributed by atoms with Gasteiger partial charge in [0, 0.05) is 0 Å². The Balaban J connectivity index is 5.73. The summed E-state index contributed by atoms with van der Waals surface area (Å²) in [6.07, 6.45) is -7.09. The van der Waals surface area contributed by atoms with Crippen molar-refractivity contribution in [3.05, 3.63) is 0 Å². The number of hydrogen-bond acceptors (Lipinski definition) is 0. The molecule has 12 heteroatoms. The SMILES string of the molecule is FC(F)(F)C(F)(F)C(F)(F)C(F)(F)[C](F)(F)[Sb]. The van der Waals surface area contributed by atoms with Gasteiger partial charge in [0.2, 0.25) is 0 Å². The number of halogens is 11. The molecule has 0 spiro atoms. The van der Waals surface area contributed by atoms with Crippen LogP contribution in [0.4, 0.5) is 48.3 Å². The molecule has 0 unspecified atom stereocenters. The second kappa shape index (κ2) is 4.02. The average Bonchev–Trinajstić information content (AvgIpc) is 1.98. The van der Waals surface area contributed by atoms with Crippen molar-refractivity contribution in [1.29, 1.82) is 0 Å². The van der Waals surface area contributed by atoms with Crippen molar-refractivity contribution in [1.82, 2.24) is 0 Å². The molecule has 0 aliphatic heterocycles. The molecule has 0 atom stereocenters. The van der Waals surface area contributed by atoms with Crippen molar-refractivity contribution in [2.24, 2.45) is 0 Å². The molecule has 0 bridgehead atoms. The molecule has 0 amide bonds. The van der Waals surface area contributed by atoms with Crippen molar-refractivity contribution in [2.75, 3.05) is 0 Å². The summed E-state index contributed by atoms with van der Waals surface area (Å²) in [5.41, 5.74) is 0. The first-order valence-corrected chi connectivity index (χ1v) is 4.58. The quantitative estimate of drug-likeness (QED) is 0.513. The van der Waals surface area contributed by atoms with Gasteiger partial charge in [-0.1, -0.05) is 0 Å². The summed E-state index contributed by atoms with van der Waals surface area (Å²) in [6.45, 7) is 0. The fraction of sp³-hybridized carbons (Fsp3) is 1.00. The van der Waals surface area contributed by atoms with Gasteiger partial charge in [0.05, 0.1) is 0 Å². The van der Waals surface area contributed by atoms with Crippen LogP contribution in [0.3, 0.4) is 0 Å². The second-order valence-electron chi connectivity index (χ2n) is 2.76. The maximum absolute atomic E-state index is 12.3. The van der Waals surface area contributed by atoms with Gasteiger partial charge >= 0.3 is 99.1 Å². The third-order valence-electron chi connectivity index (χ3n) is 1.52. The predicted octanol–water partition coefficient (Wildman–Crippen LogP) is 3.22. The zero-order valence-electron chi connectivity index (χ0n) is 7.10. The topological polar surface area (TPSA) is 0 Å². The number of alkyl halides is 11. The third-order valence-corrected chi connectivity index (χ3v) is 2.32. The standard InChI is InChI=1S/C5F11.Sb/c6-1(7)2(8,9)3(10,11)4(12,13)5(14,15)16;. The van der Waals surface area contributed by atoms with Crippen molar-refractivity contribution >= 4 is 23.0 Å². The van der Waals surface area contributed by atoms with E-state index in [1.165, 1.54) is 0 Å². The first kappa shape index (κ1) is 17.0. The van der Waals surface area contributed by atoms with Crippen molar-refractivity contribution < 1.29 is 48.3 Å². The van der Waals surface area contributed by atoms with Crippen LogP contribution in [0.15, 0.2) is 0 Å². The van der Waals surface area contributed by atoms with Gasteiger partial charge < -0.3 is 0 Å². The summed E-state index contributed by atoms with van der Waals surface area (Å²) in [5.74, 6) is -21.4. The third kappa shape index (κ3) is 2.44. The van der Waals surface area contributed by atoms with Crippen LogP contribution in [0.5, 0.6) is 0 Å². The Morgan fingerprint density at radius 3 is 0.941 bits per heavy atom.